The van der Waals surface area contributed by atoms with Crippen molar-refractivity contribution in [1.82, 2.24) is 25.5 Å². The molecular formula is C21H24N6O3S2. The van der Waals surface area contributed by atoms with E-state index in [2.05, 4.69) is 31.5 Å². The van der Waals surface area contributed by atoms with E-state index in [9.17, 15) is 8.42 Å². The Bertz CT molecular complexity index is 1350. The van der Waals surface area contributed by atoms with Crippen LogP contribution >= 0.6 is 11.3 Å². The highest BCUT2D eigenvalue weighted by atomic mass is 32.2. The molecule has 2 N–H and O–H groups in total. The summed E-state index contributed by atoms with van der Waals surface area (Å²) in [5.74, 6) is 0.826. The van der Waals surface area contributed by atoms with E-state index >= 15 is 0 Å². The summed E-state index contributed by atoms with van der Waals surface area (Å²) in [5, 5.41) is 11.4. The highest BCUT2D eigenvalue weighted by Crippen LogP contribution is 2.30. The van der Waals surface area contributed by atoms with Gasteiger partial charge in [-0.3, -0.25) is 5.10 Å². The Balaban J connectivity index is 1.30. The molecule has 1 aliphatic heterocycles. The molecule has 0 saturated carbocycles. The SMILES string of the molecule is CS(=O)(=O)CCNCc1cc2nc(N3CCOC(c4cccc5[nH]ncc45)C3)ncc2s1. The standard InChI is InChI=1S/C21H24N6O3S2/c1-32(28,29)8-5-22-10-14-9-18-20(31-14)12-23-21(25-18)27-6-7-30-19(13-27)15-3-2-4-17-16(15)11-24-26-17/h2-4,9,11-12,19,22H,5-8,10,13H2,1H3,(H,24,26). The lowest BCUT2D eigenvalue weighted by atomic mass is 10.0. The molecule has 4 heterocycles. The van der Waals surface area contributed by atoms with Crippen molar-refractivity contribution < 1.29 is 13.2 Å². The van der Waals surface area contributed by atoms with Gasteiger partial charge < -0.3 is 15.0 Å². The molecule has 1 saturated heterocycles. The Morgan fingerprint density at radius 2 is 2.25 bits per heavy atom. The lowest BCUT2D eigenvalue weighted by Gasteiger charge is -2.33. The van der Waals surface area contributed by atoms with Crippen molar-refractivity contribution in [3.8, 4) is 0 Å². The molecule has 1 atom stereocenters. The number of hydrogen-bond acceptors (Lipinski definition) is 9. The summed E-state index contributed by atoms with van der Waals surface area (Å²) in [6, 6.07) is 8.14. The van der Waals surface area contributed by atoms with Crippen LogP contribution in [0.5, 0.6) is 0 Å². The smallest absolute Gasteiger partial charge is 0.226 e. The molecule has 0 aliphatic carbocycles. The van der Waals surface area contributed by atoms with E-state index < -0.39 is 9.84 Å². The van der Waals surface area contributed by atoms with Gasteiger partial charge in [0.05, 0.1) is 47.0 Å². The number of hydrogen-bond donors (Lipinski definition) is 2. The van der Waals surface area contributed by atoms with Crippen molar-refractivity contribution in [2.45, 2.75) is 12.6 Å². The lowest BCUT2D eigenvalue weighted by molar-refractivity contribution is 0.0402. The number of H-pyrrole nitrogens is 1. The average molecular weight is 473 g/mol. The number of fused-ring (bicyclic) bond motifs is 2. The van der Waals surface area contributed by atoms with Crippen LogP contribution in [-0.4, -0.2) is 66.8 Å². The maximum Gasteiger partial charge on any atom is 0.226 e. The van der Waals surface area contributed by atoms with E-state index in [1.54, 1.807) is 11.3 Å². The third kappa shape index (κ3) is 4.60. The fourth-order valence-corrected chi connectivity index (χ4v) is 5.34. The molecule has 4 aromatic rings. The van der Waals surface area contributed by atoms with Gasteiger partial charge in [0.1, 0.15) is 15.9 Å². The van der Waals surface area contributed by atoms with Crippen LogP contribution in [0.15, 0.2) is 36.7 Å². The molecule has 1 unspecified atom stereocenters. The third-order valence-electron chi connectivity index (χ3n) is 5.47. The average Bonchev–Trinajstić information content (AvgIpc) is 3.42. The van der Waals surface area contributed by atoms with Gasteiger partial charge in [-0.15, -0.1) is 11.3 Å². The summed E-state index contributed by atoms with van der Waals surface area (Å²) in [6.07, 6.45) is 4.87. The second-order valence-electron chi connectivity index (χ2n) is 7.92. The van der Waals surface area contributed by atoms with Crippen LogP contribution in [0.3, 0.4) is 0 Å². The van der Waals surface area contributed by atoms with E-state index in [1.165, 1.54) is 6.26 Å². The quantitative estimate of drug-likeness (QED) is 0.394. The van der Waals surface area contributed by atoms with E-state index in [0.717, 1.165) is 38.1 Å². The van der Waals surface area contributed by atoms with Crippen LogP contribution in [0.1, 0.15) is 16.5 Å². The van der Waals surface area contributed by atoms with Gasteiger partial charge >= 0.3 is 0 Å². The molecule has 1 fully saturated rings. The van der Waals surface area contributed by atoms with Gasteiger partial charge in [0.2, 0.25) is 5.95 Å². The molecule has 0 amide bonds. The molecule has 0 spiro atoms. The van der Waals surface area contributed by atoms with Gasteiger partial charge in [-0.05, 0) is 17.7 Å². The second-order valence-corrected chi connectivity index (χ2v) is 11.4. The fourth-order valence-electron chi connectivity index (χ4n) is 3.88. The zero-order valence-corrected chi connectivity index (χ0v) is 19.2. The Labute approximate surface area is 189 Å². The molecule has 168 valence electrons. The van der Waals surface area contributed by atoms with Gasteiger partial charge in [-0.1, -0.05) is 12.1 Å². The zero-order chi connectivity index (χ0) is 22.1. The van der Waals surface area contributed by atoms with Crippen LogP contribution in [0, 0.1) is 0 Å². The fraction of sp³-hybridized carbons (Fsp3) is 0.381. The van der Waals surface area contributed by atoms with Gasteiger partial charge in [-0.2, -0.15) is 5.10 Å². The summed E-state index contributed by atoms with van der Waals surface area (Å²) < 4.78 is 29.6. The Morgan fingerprint density at radius 3 is 3.12 bits per heavy atom. The minimum atomic E-state index is -2.96. The molecule has 0 bridgehead atoms. The number of nitrogens with zero attached hydrogens (tertiary/aromatic N) is 4. The monoisotopic (exact) mass is 472 g/mol. The number of anilines is 1. The molecule has 3 aromatic heterocycles. The number of morpholine rings is 1. The first-order valence-electron chi connectivity index (χ1n) is 10.4. The molecule has 32 heavy (non-hydrogen) atoms. The Kier molecular flexibility index (Phi) is 5.80. The topological polar surface area (TPSA) is 113 Å². The van der Waals surface area contributed by atoms with Crippen LogP contribution in [0.4, 0.5) is 5.95 Å². The summed E-state index contributed by atoms with van der Waals surface area (Å²) >= 11 is 1.62. The van der Waals surface area contributed by atoms with Crippen molar-refractivity contribution in [3.63, 3.8) is 0 Å². The predicted octanol–water partition coefficient (Wildman–Crippen LogP) is 2.28. The minimum absolute atomic E-state index is 0.0820. The first-order valence-corrected chi connectivity index (χ1v) is 13.3. The van der Waals surface area contributed by atoms with Gasteiger partial charge in [-0.25, -0.2) is 18.4 Å². The van der Waals surface area contributed by atoms with Crippen molar-refractivity contribution in [3.05, 3.63) is 47.1 Å². The summed E-state index contributed by atoms with van der Waals surface area (Å²) in [6.45, 7) is 3.04. The van der Waals surface area contributed by atoms with Crippen LogP contribution < -0.4 is 10.2 Å². The number of aromatic amines is 1. The third-order valence-corrected chi connectivity index (χ3v) is 7.48. The first kappa shape index (κ1) is 21.3. The highest BCUT2D eigenvalue weighted by Gasteiger charge is 2.25. The number of ether oxygens (including phenoxy) is 1. The highest BCUT2D eigenvalue weighted by molar-refractivity contribution is 7.90. The first-order chi connectivity index (χ1) is 15.5. The normalized spacial score (nSPS) is 17.4. The number of sulfone groups is 1. The molecule has 1 aliphatic rings. The summed E-state index contributed by atoms with van der Waals surface area (Å²) in [5.41, 5.74) is 3.01. The van der Waals surface area contributed by atoms with Crippen molar-refractivity contribution >= 4 is 48.2 Å². The number of thiophene rings is 1. The van der Waals surface area contributed by atoms with E-state index in [1.807, 2.05) is 30.6 Å². The Hall–Kier alpha value is -2.60. The molecular weight excluding hydrogens is 448 g/mol. The van der Waals surface area contributed by atoms with Crippen LogP contribution in [0.25, 0.3) is 21.1 Å². The minimum Gasteiger partial charge on any atom is -0.370 e. The molecule has 9 nitrogen and oxygen atoms in total. The zero-order valence-electron chi connectivity index (χ0n) is 17.6. The Morgan fingerprint density at radius 1 is 1.34 bits per heavy atom. The summed E-state index contributed by atoms with van der Waals surface area (Å²) in [7, 11) is -2.96. The molecule has 1 aromatic carbocycles. The number of rotatable bonds is 7. The largest absolute Gasteiger partial charge is 0.370 e. The number of aromatic nitrogens is 4. The van der Waals surface area contributed by atoms with E-state index in [-0.39, 0.29) is 11.9 Å². The van der Waals surface area contributed by atoms with Crippen molar-refractivity contribution in [2.75, 3.05) is 43.1 Å². The number of nitrogens with one attached hydrogen (secondary N) is 2. The molecule has 0 radical (unpaired) electrons. The summed E-state index contributed by atoms with van der Waals surface area (Å²) in [4.78, 5) is 12.7. The predicted molar refractivity (Wildman–Crippen MR) is 126 cm³/mol. The van der Waals surface area contributed by atoms with Crippen LogP contribution in [-0.2, 0) is 21.1 Å². The van der Waals surface area contributed by atoms with Crippen molar-refractivity contribution in [1.29, 1.82) is 0 Å². The second kappa shape index (κ2) is 8.74. The van der Waals surface area contributed by atoms with Gasteiger partial charge in [0, 0.05) is 36.2 Å². The van der Waals surface area contributed by atoms with Crippen LogP contribution in [0.2, 0.25) is 0 Å². The molecule has 5 rings (SSSR count). The maximum atomic E-state index is 11.3. The van der Waals surface area contributed by atoms with E-state index in [4.69, 9.17) is 9.72 Å². The lowest BCUT2D eigenvalue weighted by Crippen LogP contribution is -2.39. The molecule has 11 heteroatoms. The van der Waals surface area contributed by atoms with Gasteiger partial charge in [0.15, 0.2) is 0 Å². The maximum absolute atomic E-state index is 11.3. The number of benzene rings is 1. The van der Waals surface area contributed by atoms with Crippen molar-refractivity contribution in [2.24, 2.45) is 0 Å². The van der Waals surface area contributed by atoms with E-state index in [0.29, 0.717) is 32.2 Å². The van der Waals surface area contributed by atoms with Gasteiger partial charge in [0.25, 0.3) is 0 Å².